The van der Waals surface area contributed by atoms with Crippen molar-refractivity contribution in [3.05, 3.63) is 65.7 Å². The number of urea groups is 1. The van der Waals surface area contributed by atoms with E-state index >= 15 is 0 Å². The van der Waals surface area contributed by atoms with Gasteiger partial charge in [0.05, 0.1) is 12.2 Å². The Kier molecular flexibility index (Phi) is 4.11. The molecule has 3 amide bonds. The molecule has 0 radical (unpaired) electrons. The highest BCUT2D eigenvalue weighted by Crippen LogP contribution is 2.35. The Hall–Kier alpha value is -3.28. The number of likely N-dealkylation sites (tertiary alicyclic amines) is 1. The molecule has 6 heteroatoms. The summed E-state index contributed by atoms with van der Waals surface area (Å²) >= 11 is 0. The maximum absolute atomic E-state index is 12.6. The number of hydrogen-bond donors (Lipinski definition) is 2. The fourth-order valence-electron chi connectivity index (χ4n) is 3.61. The van der Waals surface area contributed by atoms with Gasteiger partial charge in [0.2, 0.25) is 5.91 Å². The van der Waals surface area contributed by atoms with Gasteiger partial charge in [-0.2, -0.15) is 0 Å². The quantitative estimate of drug-likeness (QED) is 0.822. The van der Waals surface area contributed by atoms with Crippen molar-refractivity contribution in [1.82, 2.24) is 4.90 Å². The summed E-state index contributed by atoms with van der Waals surface area (Å²) in [6.45, 7) is 7.21. The van der Waals surface area contributed by atoms with Crippen LogP contribution >= 0.6 is 0 Å². The molecule has 0 aromatic heterocycles. The van der Waals surface area contributed by atoms with Gasteiger partial charge in [0.25, 0.3) is 0 Å². The molecule has 27 heavy (non-hydrogen) atoms. The molecule has 2 heterocycles. The largest absolute Gasteiger partial charge is 0.508 e. The van der Waals surface area contributed by atoms with Crippen LogP contribution in [0.5, 0.6) is 5.75 Å². The molecule has 0 bridgehead atoms. The number of amides is 3. The molecule has 0 spiro atoms. The van der Waals surface area contributed by atoms with Crippen LogP contribution in [0.1, 0.15) is 22.6 Å². The average Bonchev–Trinajstić information content (AvgIpc) is 2.61. The number of nitrogens with one attached hydrogen (secondary N) is 1. The fourth-order valence-corrected chi connectivity index (χ4v) is 3.61. The van der Waals surface area contributed by atoms with Crippen molar-refractivity contribution in [2.45, 2.75) is 19.4 Å². The summed E-state index contributed by atoms with van der Waals surface area (Å²) < 4.78 is 0. The Balaban J connectivity index is 1.55. The van der Waals surface area contributed by atoms with Gasteiger partial charge in [-0.05, 0) is 41.8 Å². The Labute approximate surface area is 157 Å². The van der Waals surface area contributed by atoms with Gasteiger partial charge >= 0.3 is 6.03 Å². The third-order valence-electron chi connectivity index (χ3n) is 5.27. The number of aromatic hydroxyl groups is 1. The second-order valence-electron chi connectivity index (χ2n) is 7.05. The molecule has 6 nitrogen and oxygen atoms in total. The zero-order valence-electron chi connectivity index (χ0n) is 15.1. The highest BCUT2D eigenvalue weighted by atomic mass is 16.3. The first kappa shape index (κ1) is 17.1. The maximum atomic E-state index is 12.6. The minimum Gasteiger partial charge on any atom is -0.508 e. The molecule has 0 aliphatic carbocycles. The average molecular weight is 363 g/mol. The first-order valence-electron chi connectivity index (χ1n) is 8.88. The number of carbonyl (C=O) groups is 2. The van der Waals surface area contributed by atoms with Gasteiger partial charge in [-0.15, -0.1) is 0 Å². The number of carbonyl (C=O) groups excluding carboxylic acids is 2. The third-order valence-corrected chi connectivity index (χ3v) is 5.27. The third kappa shape index (κ3) is 3.03. The normalized spacial score (nSPS) is 16.4. The highest BCUT2D eigenvalue weighted by Gasteiger charge is 2.32. The molecule has 0 atom stereocenters. The number of anilines is 2. The van der Waals surface area contributed by atoms with Crippen molar-refractivity contribution in [2.75, 3.05) is 23.3 Å². The minimum atomic E-state index is -0.217. The first-order valence-corrected chi connectivity index (χ1v) is 8.88. The topological polar surface area (TPSA) is 72.9 Å². The van der Waals surface area contributed by atoms with E-state index in [4.69, 9.17) is 0 Å². The number of nitrogens with zero attached hydrogens (tertiary/aromatic N) is 2. The Morgan fingerprint density at radius 1 is 1.26 bits per heavy atom. The standard InChI is InChI=1S/C21H21N3O3/c1-3-20(26)23-10-16(11-23)14-5-6-15-12-24(21(27)22-18(15)8-14)19-9-17(25)7-4-13(19)2/h3-9,16,25H,1,10-12H2,2H3,(H,22,27). The molecular formula is C21H21N3O3. The predicted molar refractivity (Wildman–Crippen MR) is 104 cm³/mol. The van der Waals surface area contributed by atoms with Crippen molar-refractivity contribution in [1.29, 1.82) is 0 Å². The first-order chi connectivity index (χ1) is 13.0. The smallest absolute Gasteiger partial charge is 0.326 e. The molecule has 2 aromatic carbocycles. The van der Waals surface area contributed by atoms with Crippen LogP contribution in [0, 0.1) is 6.92 Å². The minimum absolute atomic E-state index is 0.0466. The van der Waals surface area contributed by atoms with E-state index in [1.807, 2.05) is 19.1 Å². The van der Waals surface area contributed by atoms with Crippen LogP contribution in [-0.2, 0) is 11.3 Å². The van der Waals surface area contributed by atoms with E-state index in [1.54, 1.807) is 28.0 Å². The lowest BCUT2D eigenvalue weighted by Crippen LogP contribution is -2.47. The number of aryl methyl sites for hydroxylation is 1. The molecule has 1 saturated heterocycles. The second kappa shape index (κ2) is 6.46. The van der Waals surface area contributed by atoms with Crippen LogP contribution in [-0.4, -0.2) is 35.0 Å². The highest BCUT2D eigenvalue weighted by molar-refractivity contribution is 6.04. The molecule has 0 saturated carbocycles. The molecular weight excluding hydrogens is 342 g/mol. The Morgan fingerprint density at radius 2 is 2.04 bits per heavy atom. The predicted octanol–water partition coefficient (Wildman–Crippen LogP) is 3.36. The molecule has 2 aliphatic heterocycles. The van der Waals surface area contributed by atoms with Crippen molar-refractivity contribution in [2.24, 2.45) is 0 Å². The summed E-state index contributed by atoms with van der Waals surface area (Å²) in [4.78, 5) is 27.6. The van der Waals surface area contributed by atoms with Crippen molar-refractivity contribution < 1.29 is 14.7 Å². The van der Waals surface area contributed by atoms with Gasteiger partial charge in [-0.1, -0.05) is 24.8 Å². The van der Waals surface area contributed by atoms with E-state index in [2.05, 4.69) is 18.0 Å². The van der Waals surface area contributed by atoms with Crippen LogP contribution in [0.25, 0.3) is 0 Å². The van der Waals surface area contributed by atoms with Crippen molar-refractivity contribution in [3.8, 4) is 5.75 Å². The number of benzene rings is 2. The van der Waals surface area contributed by atoms with E-state index in [1.165, 1.54) is 6.08 Å². The Bertz CT molecular complexity index is 948. The molecule has 138 valence electrons. The van der Waals surface area contributed by atoms with E-state index < -0.39 is 0 Å². The van der Waals surface area contributed by atoms with Crippen LogP contribution in [0.4, 0.5) is 16.2 Å². The summed E-state index contributed by atoms with van der Waals surface area (Å²) in [6.07, 6.45) is 1.33. The van der Waals surface area contributed by atoms with Gasteiger partial charge in [0, 0.05) is 30.8 Å². The fraction of sp³-hybridized carbons (Fsp3) is 0.238. The summed E-state index contributed by atoms with van der Waals surface area (Å²) in [7, 11) is 0. The summed E-state index contributed by atoms with van der Waals surface area (Å²) in [5, 5.41) is 12.7. The van der Waals surface area contributed by atoms with E-state index in [-0.39, 0.29) is 23.6 Å². The van der Waals surface area contributed by atoms with E-state index in [0.29, 0.717) is 25.3 Å². The van der Waals surface area contributed by atoms with E-state index in [0.717, 1.165) is 22.4 Å². The molecule has 2 aliphatic rings. The molecule has 1 fully saturated rings. The van der Waals surface area contributed by atoms with Crippen molar-refractivity contribution >= 4 is 23.3 Å². The summed E-state index contributed by atoms with van der Waals surface area (Å²) in [6, 6.07) is 10.9. The molecule has 4 rings (SSSR count). The number of hydrogen-bond acceptors (Lipinski definition) is 3. The molecule has 2 N–H and O–H groups in total. The van der Waals surface area contributed by atoms with Gasteiger partial charge in [0.15, 0.2) is 0 Å². The number of phenolic OH excluding ortho intramolecular Hbond substituents is 1. The zero-order chi connectivity index (χ0) is 19.1. The van der Waals surface area contributed by atoms with Gasteiger partial charge in [-0.3, -0.25) is 9.69 Å². The Morgan fingerprint density at radius 3 is 2.78 bits per heavy atom. The van der Waals surface area contributed by atoms with Crippen LogP contribution < -0.4 is 10.2 Å². The van der Waals surface area contributed by atoms with Gasteiger partial charge < -0.3 is 15.3 Å². The van der Waals surface area contributed by atoms with Crippen molar-refractivity contribution in [3.63, 3.8) is 0 Å². The zero-order valence-corrected chi connectivity index (χ0v) is 15.1. The number of rotatable bonds is 3. The second-order valence-corrected chi connectivity index (χ2v) is 7.05. The van der Waals surface area contributed by atoms with Crippen LogP contribution in [0.2, 0.25) is 0 Å². The van der Waals surface area contributed by atoms with Crippen LogP contribution in [0.15, 0.2) is 49.1 Å². The molecule has 0 unspecified atom stereocenters. The lowest BCUT2D eigenvalue weighted by Gasteiger charge is -2.39. The van der Waals surface area contributed by atoms with Crippen LogP contribution in [0.3, 0.4) is 0 Å². The van der Waals surface area contributed by atoms with Gasteiger partial charge in [-0.25, -0.2) is 4.79 Å². The van der Waals surface area contributed by atoms with E-state index in [9.17, 15) is 14.7 Å². The molecule has 2 aromatic rings. The summed E-state index contributed by atoms with van der Waals surface area (Å²) in [5.74, 6) is 0.366. The SMILES string of the molecule is C=CC(=O)N1CC(c2ccc3c(c2)NC(=O)N(c2cc(O)ccc2C)C3)C1. The lowest BCUT2D eigenvalue weighted by atomic mass is 9.89. The monoisotopic (exact) mass is 363 g/mol. The maximum Gasteiger partial charge on any atom is 0.326 e. The number of fused-ring (bicyclic) bond motifs is 1. The lowest BCUT2D eigenvalue weighted by molar-refractivity contribution is -0.130. The number of phenols is 1. The summed E-state index contributed by atoms with van der Waals surface area (Å²) in [5.41, 5.74) is 4.55. The van der Waals surface area contributed by atoms with Gasteiger partial charge in [0.1, 0.15) is 5.75 Å².